The smallest absolute Gasteiger partial charge is 0.339 e. The topological polar surface area (TPSA) is 89.7 Å². The Labute approximate surface area is 124 Å². The summed E-state index contributed by atoms with van der Waals surface area (Å²) in [7, 11) is 0. The molecule has 0 saturated heterocycles. The van der Waals surface area contributed by atoms with Gasteiger partial charge in [-0.2, -0.15) is 0 Å². The van der Waals surface area contributed by atoms with E-state index in [0.29, 0.717) is 10.6 Å². The molecule has 6 nitrogen and oxygen atoms in total. The highest BCUT2D eigenvalue weighted by molar-refractivity contribution is 6.30. The third kappa shape index (κ3) is 3.29. The zero-order chi connectivity index (χ0) is 15.6. The van der Waals surface area contributed by atoms with Gasteiger partial charge in [0, 0.05) is 17.2 Å². The second-order valence-corrected chi connectivity index (χ2v) is 4.69. The van der Waals surface area contributed by atoms with E-state index in [9.17, 15) is 14.9 Å². The molecular formula is C14H10ClNO5. The van der Waals surface area contributed by atoms with Crippen LogP contribution in [0.1, 0.15) is 15.9 Å². The summed E-state index contributed by atoms with van der Waals surface area (Å²) in [6.07, 6.45) is 0. The van der Waals surface area contributed by atoms with Crippen LogP contribution >= 0.6 is 11.6 Å². The number of hydrogen-bond donors (Lipinski definition) is 1. The number of aryl methyl sites for hydroxylation is 1. The van der Waals surface area contributed by atoms with E-state index < -0.39 is 10.9 Å². The monoisotopic (exact) mass is 307 g/mol. The van der Waals surface area contributed by atoms with Crippen molar-refractivity contribution in [3.8, 4) is 11.5 Å². The van der Waals surface area contributed by atoms with E-state index in [4.69, 9.17) is 21.4 Å². The summed E-state index contributed by atoms with van der Waals surface area (Å²) in [5.41, 5.74) is 0.414. The van der Waals surface area contributed by atoms with Crippen molar-refractivity contribution >= 4 is 23.3 Å². The highest BCUT2D eigenvalue weighted by Crippen LogP contribution is 2.32. The number of aromatic carboxylic acids is 1. The SMILES string of the molecule is Cc1ccc([N+](=O)[O-])cc1Oc1cc(Cl)ccc1C(=O)O. The van der Waals surface area contributed by atoms with Crippen LogP contribution in [0.4, 0.5) is 5.69 Å². The first kappa shape index (κ1) is 14.8. The Morgan fingerprint density at radius 1 is 1.24 bits per heavy atom. The van der Waals surface area contributed by atoms with Crippen molar-refractivity contribution in [3.05, 3.63) is 62.7 Å². The van der Waals surface area contributed by atoms with E-state index >= 15 is 0 Å². The lowest BCUT2D eigenvalue weighted by atomic mass is 10.2. The predicted molar refractivity (Wildman–Crippen MR) is 76.3 cm³/mol. The predicted octanol–water partition coefficient (Wildman–Crippen LogP) is 4.05. The van der Waals surface area contributed by atoms with Crippen LogP contribution in [-0.2, 0) is 0 Å². The Balaban J connectivity index is 2.47. The van der Waals surface area contributed by atoms with Crippen LogP contribution in [0, 0.1) is 17.0 Å². The standard InChI is InChI=1S/C14H10ClNO5/c1-8-2-4-10(16(19)20)7-12(8)21-13-6-9(15)3-5-11(13)14(17)18/h2-7H,1H3,(H,17,18). The summed E-state index contributed by atoms with van der Waals surface area (Å²) >= 11 is 5.83. The Morgan fingerprint density at radius 3 is 2.57 bits per heavy atom. The fourth-order valence-corrected chi connectivity index (χ4v) is 1.85. The molecule has 0 aliphatic carbocycles. The van der Waals surface area contributed by atoms with Crippen molar-refractivity contribution in [2.24, 2.45) is 0 Å². The van der Waals surface area contributed by atoms with Crippen molar-refractivity contribution in [1.29, 1.82) is 0 Å². The lowest BCUT2D eigenvalue weighted by Crippen LogP contribution is -2.00. The largest absolute Gasteiger partial charge is 0.478 e. The average Bonchev–Trinajstić information content (AvgIpc) is 2.40. The summed E-state index contributed by atoms with van der Waals surface area (Å²) in [4.78, 5) is 21.4. The molecule has 0 aliphatic heterocycles. The molecule has 0 heterocycles. The second-order valence-electron chi connectivity index (χ2n) is 4.25. The first-order valence-electron chi connectivity index (χ1n) is 5.84. The van der Waals surface area contributed by atoms with Crippen molar-refractivity contribution in [2.75, 3.05) is 0 Å². The van der Waals surface area contributed by atoms with E-state index in [-0.39, 0.29) is 22.7 Å². The molecule has 0 radical (unpaired) electrons. The van der Waals surface area contributed by atoms with E-state index in [2.05, 4.69) is 0 Å². The maximum Gasteiger partial charge on any atom is 0.339 e. The Kier molecular flexibility index (Phi) is 4.09. The summed E-state index contributed by atoms with van der Waals surface area (Å²) in [6, 6.07) is 8.20. The number of hydrogen-bond acceptors (Lipinski definition) is 4. The number of non-ortho nitro benzene ring substituents is 1. The number of carbonyl (C=O) groups is 1. The molecule has 0 saturated carbocycles. The van der Waals surface area contributed by atoms with E-state index in [0.717, 1.165) is 0 Å². The van der Waals surface area contributed by atoms with Crippen molar-refractivity contribution < 1.29 is 19.6 Å². The molecule has 0 fully saturated rings. The Bertz CT molecular complexity index is 729. The molecule has 2 rings (SSSR count). The van der Waals surface area contributed by atoms with Gasteiger partial charge in [0.2, 0.25) is 0 Å². The normalized spacial score (nSPS) is 10.2. The van der Waals surface area contributed by atoms with Gasteiger partial charge in [0.05, 0.1) is 11.0 Å². The van der Waals surface area contributed by atoms with Gasteiger partial charge < -0.3 is 9.84 Å². The van der Waals surface area contributed by atoms with Gasteiger partial charge in [-0.15, -0.1) is 0 Å². The minimum Gasteiger partial charge on any atom is -0.478 e. The zero-order valence-electron chi connectivity index (χ0n) is 10.9. The summed E-state index contributed by atoms with van der Waals surface area (Å²) in [6.45, 7) is 1.70. The number of rotatable bonds is 4. The van der Waals surface area contributed by atoms with Gasteiger partial charge in [-0.3, -0.25) is 10.1 Å². The number of halogens is 1. The van der Waals surface area contributed by atoms with Gasteiger partial charge in [0.15, 0.2) is 0 Å². The first-order valence-corrected chi connectivity index (χ1v) is 6.22. The molecule has 0 spiro atoms. The van der Waals surface area contributed by atoms with Crippen LogP contribution in [-0.4, -0.2) is 16.0 Å². The van der Waals surface area contributed by atoms with E-state index in [1.54, 1.807) is 6.92 Å². The number of ether oxygens (including phenoxy) is 1. The molecule has 0 amide bonds. The summed E-state index contributed by atoms with van der Waals surface area (Å²) < 4.78 is 5.50. The number of nitro groups is 1. The van der Waals surface area contributed by atoms with Crippen LogP contribution in [0.25, 0.3) is 0 Å². The van der Waals surface area contributed by atoms with Crippen LogP contribution in [0.3, 0.4) is 0 Å². The molecule has 0 aromatic heterocycles. The van der Waals surface area contributed by atoms with Crippen molar-refractivity contribution in [1.82, 2.24) is 0 Å². The molecule has 2 aromatic carbocycles. The molecule has 0 bridgehead atoms. The maximum absolute atomic E-state index is 11.2. The zero-order valence-corrected chi connectivity index (χ0v) is 11.6. The minimum atomic E-state index is -1.18. The van der Waals surface area contributed by atoms with E-state index in [1.165, 1.54) is 36.4 Å². The van der Waals surface area contributed by atoms with Gasteiger partial charge in [-0.05, 0) is 30.7 Å². The van der Waals surface area contributed by atoms with Crippen LogP contribution in [0.5, 0.6) is 11.5 Å². The fourth-order valence-electron chi connectivity index (χ4n) is 1.69. The average molecular weight is 308 g/mol. The number of benzene rings is 2. The molecule has 0 unspecified atom stereocenters. The fraction of sp³-hybridized carbons (Fsp3) is 0.0714. The first-order chi connectivity index (χ1) is 9.88. The molecule has 0 aliphatic rings. The number of carboxylic acids is 1. The van der Waals surface area contributed by atoms with Gasteiger partial charge in [0.1, 0.15) is 17.1 Å². The van der Waals surface area contributed by atoms with Crippen LogP contribution in [0.2, 0.25) is 5.02 Å². The van der Waals surface area contributed by atoms with Gasteiger partial charge >= 0.3 is 5.97 Å². The highest BCUT2D eigenvalue weighted by atomic mass is 35.5. The molecule has 21 heavy (non-hydrogen) atoms. The Morgan fingerprint density at radius 2 is 1.95 bits per heavy atom. The lowest BCUT2D eigenvalue weighted by Gasteiger charge is -2.11. The summed E-state index contributed by atoms with van der Waals surface area (Å²) in [5.74, 6) is -0.947. The third-order valence-electron chi connectivity index (χ3n) is 2.78. The van der Waals surface area contributed by atoms with Gasteiger partial charge in [-0.1, -0.05) is 11.6 Å². The lowest BCUT2D eigenvalue weighted by molar-refractivity contribution is -0.384. The molecule has 0 atom stereocenters. The molecule has 108 valence electrons. The highest BCUT2D eigenvalue weighted by Gasteiger charge is 2.15. The number of nitrogens with zero attached hydrogens (tertiary/aromatic N) is 1. The molecule has 2 aromatic rings. The molecule has 7 heteroatoms. The van der Waals surface area contributed by atoms with E-state index in [1.807, 2.05) is 0 Å². The summed E-state index contributed by atoms with van der Waals surface area (Å²) in [5, 5.41) is 20.2. The second kappa shape index (κ2) is 5.80. The number of nitro benzene ring substituents is 1. The minimum absolute atomic E-state index is 0.0265. The molecule has 1 N–H and O–H groups in total. The number of carboxylic acid groups (broad SMARTS) is 1. The maximum atomic E-state index is 11.2. The quantitative estimate of drug-likeness (QED) is 0.680. The van der Waals surface area contributed by atoms with Gasteiger partial charge in [-0.25, -0.2) is 4.79 Å². The van der Waals surface area contributed by atoms with Crippen molar-refractivity contribution in [3.63, 3.8) is 0 Å². The third-order valence-corrected chi connectivity index (χ3v) is 3.01. The molecular weight excluding hydrogens is 298 g/mol. The van der Waals surface area contributed by atoms with Crippen molar-refractivity contribution in [2.45, 2.75) is 6.92 Å². The van der Waals surface area contributed by atoms with Gasteiger partial charge in [0.25, 0.3) is 5.69 Å². The van der Waals surface area contributed by atoms with Crippen LogP contribution < -0.4 is 4.74 Å². The Hall–Kier alpha value is -2.60. The van der Waals surface area contributed by atoms with Crippen LogP contribution in [0.15, 0.2) is 36.4 Å².